The first-order valence-electron chi connectivity index (χ1n) is 9.72. The zero-order valence-electron chi connectivity index (χ0n) is 16.9. The highest BCUT2D eigenvalue weighted by Gasteiger charge is 2.22. The van der Waals surface area contributed by atoms with Crippen molar-refractivity contribution in [2.45, 2.75) is 32.2 Å². The number of fused-ring (bicyclic) bond motifs is 1. The van der Waals surface area contributed by atoms with Crippen molar-refractivity contribution in [3.8, 4) is 0 Å². The number of nitrogens with zero attached hydrogens (tertiary/aromatic N) is 4. The Hall–Kier alpha value is -2.71. The van der Waals surface area contributed by atoms with Gasteiger partial charge in [0, 0.05) is 31.4 Å². The number of imidazole rings is 1. The van der Waals surface area contributed by atoms with Crippen LogP contribution in [0.25, 0.3) is 5.65 Å². The summed E-state index contributed by atoms with van der Waals surface area (Å²) in [5.74, 6) is -0.148. The van der Waals surface area contributed by atoms with Crippen LogP contribution in [0.1, 0.15) is 36.8 Å². The zero-order valence-corrected chi connectivity index (χ0v) is 17.8. The first-order chi connectivity index (χ1) is 13.9. The molecule has 154 valence electrons. The molecule has 0 fully saturated rings. The standard InChI is InChI=1S/C21H26N4O3S/c1-4-23(16-18-15-22-20-9-7-8-14-25(18)20)21(26)17-10-12-19(13-11-17)29(27,28)24(5-2)6-3/h7-15H,4-6,16H2,1-3H3. The van der Waals surface area contributed by atoms with Gasteiger partial charge in [-0.05, 0) is 43.3 Å². The molecule has 8 heteroatoms. The van der Waals surface area contributed by atoms with Crippen LogP contribution >= 0.6 is 0 Å². The van der Waals surface area contributed by atoms with Crippen LogP contribution in [0.3, 0.4) is 0 Å². The highest BCUT2D eigenvalue weighted by molar-refractivity contribution is 7.89. The molecule has 1 amide bonds. The molecular formula is C21H26N4O3S. The lowest BCUT2D eigenvalue weighted by Crippen LogP contribution is -2.31. The second-order valence-electron chi connectivity index (χ2n) is 6.61. The van der Waals surface area contributed by atoms with Gasteiger partial charge in [0.15, 0.2) is 0 Å². The third-order valence-corrected chi connectivity index (χ3v) is 7.02. The second-order valence-corrected chi connectivity index (χ2v) is 8.55. The number of rotatable bonds is 8. The van der Waals surface area contributed by atoms with Crippen LogP contribution in [0, 0.1) is 0 Å². The van der Waals surface area contributed by atoms with Crippen molar-refractivity contribution in [1.29, 1.82) is 0 Å². The summed E-state index contributed by atoms with van der Waals surface area (Å²) in [4.78, 5) is 19.3. The van der Waals surface area contributed by atoms with Crippen LogP contribution in [0.5, 0.6) is 0 Å². The summed E-state index contributed by atoms with van der Waals surface area (Å²) in [5.41, 5.74) is 2.20. The maximum atomic E-state index is 13.0. The summed E-state index contributed by atoms with van der Waals surface area (Å²) in [6.45, 7) is 7.28. The predicted octanol–water partition coefficient (Wildman–Crippen LogP) is 3.03. The Balaban J connectivity index is 1.81. The molecule has 3 rings (SSSR count). The fourth-order valence-electron chi connectivity index (χ4n) is 3.29. The molecule has 0 saturated carbocycles. The van der Waals surface area contributed by atoms with E-state index in [0.717, 1.165) is 11.3 Å². The van der Waals surface area contributed by atoms with Gasteiger partial charge in [-0.1, -0.05) is 19.9 Å². The van der Waals surface area contributed by atoms with Gasteiger partial charge >= 0.3 is 0 Å². The van der Waals surface area contributed by atoms with Gasteiger partial charge in [-0.15, -0.1) is 0 Å². The van der Waals surface area contributed by atoms with Crippen LogP contribution in [-0.4, -0.2) is 52.5 Å². The molecule has 7 nitrogen and oxygen atoms in total. The smallest absolute Gasteiger partial charge is 0.254 e. The minimum absolute atomic E-state index is 0.148. The van der Waals surface area contributed by atoms with Crippen molar-refractivity contribution >= 4 is 21.6 Å². The Kier molecular flexibility index (Phi) is 6.34. The molecule has 29 heavy (non-hydrogen) atoms. The van der Waals surface area contributed by atoms with Crippen LogP contribution in [0.2, 0.25) is 0 Å². The van der Waals surface area contributed by atoms with Crippen molar-refractivity contribution in [2.75, 3.05) is 19.6 Å². The van der Waals surface area contributed by atoms with Gasteiger partial charge in [0.1, 0.15) is 5.65 Å². The molecular weight excluding hydrogens is 388 g/mol. The van der Waals surface area contributed by atoms with E-state index in [-0.39, 0.29) is 10.8 Å². The van der Waals surface area contributed by atoms with Crippen molar-refractivity contribution in [1.82, 2.24) is 18.6 Å². The van der Waals surface area contributed by atoms with Crippen molar-refractivity contribution in [3.05, 3.63) is 66.1 Å². The Labute approximate surface area is 171 Å². The average Bonchev–Trinajstić information content (AvgIpc) is 3.15. The lowest BCUT2D eigenvalue weighted by Gasteiger charge is -2.21. The van der Waals surface area contributed by atoms with Gasteiger partial charge in [-0.25, -0.2) is 13.4 Å². The summed E-state index contributed by atoms with van der Waals surface area (Å²) < 4.78 is 28.6. The summed E-state index contributed by atoms with van der Waals surface area (Å²) in [6.07, 6.45) is 3.69. The van der Waals surface area contributed by atoms with Gasteiger partial charge in [-0.3, -0.25) is 4.79 Å². The van der Waals surface area contributed by atoms with Gasteiger partial charge in [0.25, 0.3) is 5.91 Å². The number of hydrogen-bond acceptors (Lipinski definition) is 4. The largest absolute Gasteiger partial charge is 0.333 e. The first-order valence-corrected chi connectivity index (χ1v) is 11.2. The Bertz CT molecular complexity index is 1090. The number of aromatic nitrogens is 2. The molecule has 0 radical (unpaired) electrons. The maximum Gasteiger partial charge on any atom is 0.254 e. The SMILES string of the molecule is CCN(Cc1cnc2ccccn12)C(=O)c1ccc(S(=O)(=O)N(CC)CC)cc1. The fourth-order valence-corrected chi connectivity index (χ4v) is 4.75. The number of pyridine rings is 1. The number of carbonyl (C=O) groups is 1. The van der Waals surface area contributed by atoms with E-state index in [9.17, 15) is 13.2 Å². The third kappa shape index (κ3) is 4.18. The van der Waals surface area contributed by atoms with Crippen molar-refractivity contribution in [2.24, 2.45) is 0 Å². The number of sulfonamides is 1. The van der Waals surface area contributed by atoms with E-state index in [4.69, 9.17) is 0 Å². The summed E-state index contributed by atoms with van der Waals surface area (Å²) >= 11 is 0. The van der Waals surface area contributed by atoms with Crippen LogP contribution in [-0.2, 0) is 16.6 Å². The Morgan fingerprint density at radius 3 is 2.31 bits per heavy atom. The molecule has 0 N–H and O–H groups in total. The van der Waals surface area contributed by atoms with E-state index < -0.39 is 10.0 Å². The van der Waals surface area contributed by atoms with E-state index >= 15 is 0 Å². The lowest BCUT2D eigenvalue weighted by atomic mass is 10.2. The zero-order chi connectivity index (χ0) is 21.0. The number of hydrogen-bond donors (Lipinski definition) is 0. The summed E-state index contributed by atoms with van der Waals surface area (Å²) in [6, 6.07) is 11.9. The van der Waals surface area contributed by atoms with Gasteiger partial charge < -0.3 is 9.30 Å². The van der Waals surface area contributed by atoms with Crippen LogP contribution in [0.4, 0.5) is 0 Å². The highest BCUT2D eigenvalue weighted by Crippen LogP contribution is 2.18. The van der Waals surface area contributed by atoms with E-state index in [1.54, 1.807) is 37.1 Å². The number of amides is 1. The molecule has 0 saturated heterocycles. The quantitative estimate of drug-likeness (QED) is 0.568. The van der Waals surface area contributed by atoms with E-state index in [1.807, 2.05) is 35.7 Å². The molecule has 0 bridgehead atoms. The molecule has 0 unspecified atom stereocenters. The lowest BCUT2D eigenvalue weighted by molar-refractivity contribution is 0.0750. The summed E-state index contributed by atoms with van der Waals surface area (Å²) in [7, 11) is -3.54. The minimum atomic E-state index is -3.54. The molecule has 0 aliphatic rings. The Morgan fingerprint density at radius 1 is 1.00 bits per heavy atom. The number of carbonyl (C=O) groups excluding carboxylic acids is 1. The molecule has 1 aromatic carbocycles. The molecule has 0 atom stereocenters. The minimum Gasteiger partial charge on any atom is -0.333 e. The molecule has 2 aromatic heterocycles. The normalized spacial score (nSPS) is 11.9. The average molecular weight is 415 g/mol. The maximum absolute atomic E-state index is 13.0. The van der Waals surface area contributed by atoms with E-state index in [1.165, 1.54) is 16.4 Å². The third-order valence-electron chi connectivity index (χ3n) is 4.96. The van der Waals surface area contributed by atoms with Crippen molar-refractivity contribution in [3.63, 3.8) is 0 Å². The molecule has 0 aliphatic heterocycles. The molecule has 0 spiro atoms. The van der Waals surface area contributed by atoms with Gasteiger partial charge in [0.2, 0.25) is 10.0 Å². The van der Waals surface area contributed by atoms with Crippen LogP contribution < -0.4 is 0 Å². The Morgan fingerprint density at radius 2 is 1.69 bits per heavy atom. The first kappa shape index (κ1) is 21.0. The topological polar surface area (TPSA) is 75.0 Å². The fraction of sp³-hybridized carbons (Fsp3) is 0.333. The highest BCUT2D eigenvalue weighted by atomic mass is 32.2. The van der Waals surface area contributed by atoms with E-state index in [0.29, 0.717) is 31.7 Å². The van der Waals surface area contributed by atoms with Gasteiger partial charge in [-0.2, -0.15) is 4.31 Å². The van der Waals surface area contributed by atoms with Gasteiger partial charge in [0.05, 0.1) is 23.3 Å². The van der Waals surface area contributed by atoms with Crippen LogP contribution in [0.15, 0.2) is 59.8 Å². The predicted molar refractivity (Wildman–Crippen MR) is 112 cm³/mol. The molecule has 0 aliphatic carbocycles. The van der Waals surface area contributed by atoms with Crippen molar-refractivity contribution < 1.29 is 13.2 Å². The number of benzene rings is 1. The van der Waals surface area contributed by atoms with E-state index in [2.05, 4.69) is 4.98 Å². The molecule has 3 aromatic rings. The molecule has 2 heterocycles. The second kappa shape index (κ2) is 8.75. The monoisotopic (exact) mass is 414 g/mol. The summed E-state index contributed by atoms with van der Waals surface area (Å²) in [5, 5.41) is 0.